The van der Waals surface area contributed by atoms with Gasteiger partial charge in [0.05, 0.1) is 17.4 Å². The second kappa shape index (κ2) is 4.23. The third-order valence-electron chi connectivity index (χ3n) is 1.88. The Balaban J connectivity index is 2.22. The van der Waals surface area contributed by atoms with E-state index in [4.69, 9.17) is 0 Å². The molecule has 0 aliphatic rings. The van der Waals surface area contributed by atoms with Crippen molar-refractivity contribution >= 4 is 17.5 Å². The zero-order valence-corrected chi connectivity index (χ0v) is 8.77. The molecule has 0 saturated carbocycles. The Labute approximate surface area is 86.7 Å². The predicted octanol–water partition coefficient (Wildman–Crippen LogP) is 2.36. The normalized spacial score (nSPS) is 10.4. The summed E-state index contributed by atoms with van der Waals surface area (Å²) in [6, 6.07) is 3.95. The van der Waals surface area contributed by atoms with Crippen LogP contribution in [-0.2, 0) is 0 Å². The molecule has 0 atom stereocenters. The van der Waals surface area contributed by atoms with Crippen LogP contribution in [0.2, 0.25) is 0 Å². The number of H-pyrrole nitrogens is 1. The molecule has 2 aromatic rings. The SMILES string of the molecule is CCCNc1nsnc1-c1ccc[nH]1. The molecule has 0 radical (unpaired) electrons. The zero-order chi connectivity index (χ0) is 9.80. The molecule has 4 nitrogen and oxygen atoms in total. The van der Waals surface area contributed by atoms with Crippen LogP contribution in [0.25, 0.3) is 11.4 Å². The van der Waals surface area contributed by atoms with Crippen LogP contribution in [0.1, 0.15) is 13.3 Å². The van der Waals surface area contributed by atoms with Crippen LogP contribution in [0.15, 0.2) is 18.3 Å². The molecule has 14 heavy (non-hydrogen) atoms. The lowest BCUT2D eigenvalue weighted by Gasteiger charge is -2.01. The summed E-state index contributed by atoms with van der Waals surface area (Å²) in [5.41, 5.74) is 1.92. The Morgan fingerprint density at radius 1 is 1.50 bits per heavy atom. The molecule has 5 heteroatoms. The average Bonchev–Trinajstić information content (AvgIpc) is 2.84. The number of hydrogen-bond acceptors (Lipinski definition) is 4. The summed E-state index contributed by atoms with van der Waals surface area (Å²) >= 11 is 1.23. The summed E-state index contributed by atoms with van der Waals surface area (Å²) in [6.07, 6.45) is 2.97. The van der Waals surface area contributed by atoms with Crippen LogP contribution in [0, 0.1) is 0 Å². The van der Waals surface area contributed by atoms with Gasteiger partial charge in [-0.05, 0) is 18.6 Å². The molecule has 2 rings (SSSR count). The van der Waals surface area contributed by atoms with Crippen molar-refractivity contribution < 1.29 is 0 Å². The minimum atomic E-state index is 0.874. The van der Waals surface area contributed by atoms with E-state index in [0.29, 0.717) is 0 Å². The van der Waals surface area contributed by atoms with Gasteiger partial charge in [-0.3, -0.25) is 0 Å². The first kappa shape index (κ1) is 9.21. The van der Waals surface area contributed by atoms with Crippen molar-refractivity contribution in [3.63, 3.8) is 0 Å². The molecule has 0 amide bonds. The molecule has 74 valence electrons. The first-order valence-electron chi connectivity index (χ1n) is 4.62. The molecule has 2 heterocycles. The van der Waals surface area contributed by atoms with Crippen molar-refractivity contribution in [1.29, 1.82) is 0 Å². The lowest BCUT2D eigenvalue weighted by molar-refractivity contribution is 0.974. The third-order valence-corrected chi connectivity index (χ3v) is 2.41. The van der Waals surface area contributed by atoms with E-state index < -0.39 is 0 Å². The topological polar surface area (TPSA) is 53.6 Å². The van der Waals surface area contributed by atoms with E-state index in [0.717, 1.165) is 30.2 Å². The summed E-state index contributed by atoms with van der Waals surface area (Å²) in [5.74, 6) is 0.874. The highest BCUT2D eigenvalue weighted by atomic mass is 32.1. The van der Waals surface area contributed by atoms with E-state index in [-0.39, 0.29) is 0 Å². The van der Waals surface area contributed by atoms with Gasteiger partial charge in [-0.2, -0.15) is 8.75 Å². The van der Waals surface area contributed by atoms with Crippen LogP contribution in [0.5, 0.6) is 0 Å². The fraction of sp³-hybridized carbons (Fsp3) is 0.333. The minimum Gasteiger partial charge on any atom is -0.367 e. The molecule has 0 bridgehead atoms. The van der Waals surface area contributed by atoms with Crippen LogP contribution in [0.4, 0.5) is 5.82 Å². The Kier molecular flexibility index (Phi) is 2.78. The van der Waals surface area contributed by atoms with Crippen LogP contribution < -0.4 is 5.32 Å². The van der Waals surface area contributed by atoms with E-state index in [1.807, 2.05) is 18.3 Å². The zero-order valence-electron chi connectivity index (χ0n) is 7.95. The third kappa shape index (κ3) is 1.77. The summed E-state index contributed by atoms with van der Waals surface area (Å²) in [7, 11) is 0. The second-order valence-electron chi connectivity index (χ2n) is 2.97. The molecule has 2 N–H and O–H groups in total. The number of rotatable bonds is 4. The monoisotopic (exact) mass is 208 g/mol. The summed E-state index contributed by atoms with van der Waals surface area (Å²) in [6.45, 7) is 3.06. The molecule has 0 fully saturated rings. The van der Waals surface area contributed by atoms with Gasteiger partial charge in [0.15, 0.2) is 5.82 Å². The van der Waals surface area contributed by atoms with E-state index in [2.05, 4.69) is 26.0 Å². The van der Waals surface area contributed by atoms with Crippen molar-refractivity contribution in [2.45, 2.75) is 13.3 Å². The van der Waals surface area contributed by atoms with Crippen molar-refractivity contribution in [3.05, 3.63) is 18.3 Å². The van der Waals surface area contributed by atoms with Crippen molar-refractivity contribution in [2.24, 2.45) is 0 Å². The van der Waals surface area contributed by atoms with Gasteiger partial charge in [0.25, 0.3) is 0 Å². The molecule has 0 aliphatic carbocycles. The Hall–Kier alpha value is -1.36. The van der Waals surface area contributed by atoms with Gasteiger partial charge in [-0.15, -0.1) is 0 Å². The van der Waals surface area contributed by atoms with Crippen LogP contribution in [-0.4, -0.2) is 20.3 Å². The van der Waals surface area contributed by atoms with Gasteiger partial charge >= 0.3 is 0 Å². The molecule has 0 aliphatic heterocycles. The number of nitrogens with zero attached hydrogens (tertiary/aromatic N) is 2. The molecule has 0 unspecified atom stereocenters. The van der Waals surface area contributed by atoms with Crippen molar-refractivity contribution in [1.82, 2.24) is 13.7 Å². The number of hydrogen-bond donors (Lipinski definition) is 2. The van der Waals surface area contributed by atoms with E-state index in [9.17, 15) is 0 Å². The standard InChI is InChI=1S/C9H12N4S/c1-2-5-11-9-8(12-14-13-9)7-4-3-6-10-7/h3-4,6,10H,2,5H2,1H3,(H,11,13). The van der Waals surface area contributed by atoms with E-state index in [1.165, 1.54) is 11.7 Å². The predicted molar refractivity (Wildman–Crippen MR) is 58.5 cm³/mol. The highest BCUT2D eigenvalue weighted by Crippen LogP contribution is 2.23. The maximum Gasteiger partial charge on any atom is 0.169 e. The fourth-order valence-corrected chi connectivity index (χ4v) is 1.74. The van der Waals surface area contributed by atoms with Gasteiger partial charge in [-0.1, -0.05) is 6.92 Å². The Bertz CT molecular complexity index is 379. The fourth-order valence-electron chi connectivity index (χ4n) is 1.20. The first-order chi connectivity index (χ1) is 6.92. The minimum absolute atomic E-state index is 0.874. The highest BCUT2D eigenvalue weighted by molar-refractivity contribution is 6.99. The second-order valence-corrected chi connectivity index (χ2v) is 3.50. The molecular weight excluding hydrogens is 196 g/mol. The average molecular weight is 208 g/mol. The lowest BCUT2D eigenvalue weighted by atomic mass is 10.3. The summed E-state index contributed by atoms with van der Waals surface area (Å²) in [4.78, 5) is 3.12. The van der Waals surface area contributed by atoms with Crippen LogP contribution in [0.3, 0.4) is 0 Å². The first-order valence-corrected chi connectivity index (χ1v) is 5.35. The number of aromatic amines is 1. The smallest absolute Gasteiger partial charge is 0.169 e. The van der Waals surface area contributed by atoms with Gasteiger partial charge in [0, 0.05) is 12.7 Å². The molecule has 2 aromatic heterocycles. The van der Waals surface area contributed by atoms with Gasteiger partial charge in [0.2, 0.25) is 0 Å². The number of anilines is 1. The lowest BCUT2D eigenvalue weighted by Crippen LogP contribution is -2.01. The number of aromatic nitrogens is 3. The van der Waals surface area contributed by atoms with E-state index >= 15 is 0 Å². The van der Waals surface area contributed by atoms with Gasteiger partial charge < -0.3 is 10.3 Å². The highest BCUT2D eigenvalue weighted by Gasteiger charge is 2.09. The van der Waals surface area contributed by atoms with Crippen LogP contribution >= 0.6 is 11.7 Å². The quantitative estimate of drug-likeness (QED) is 0.811. The molecule has 0 saturated heterocycles. The largest absolute Gasteiger partial charge is 0.367 e. The summed E-state index contributed by atoms with van der Waals surface area (Å²) < 4.78 is 8.46. The molecular formula is C9H12N4S. The van der Waals surface area contributed by atoms with Gasteiger partial charge in [-0.25, -0.2) is 0 Å². The van der Waals surface area contributed by atoms with Crippen molar-refractivity contribution in [3.8, 4) is 11.4 Å². The maximum absolute atomic E-state index is 4.25. The molecule has 0 spiro atoms. The van der Waals surface area contributed by atoms with Crippen molar-refractivity contribution in [2.75, 3.05) is 11.9 Å². The summed E-state index contributed by atoms with van der Waals surface area (Å²) in [5, 5.41) is 3.25. The number of nitrogens with one attached hydrogen (secondary N) is 2. The Morgan fingerprint density at radius 2 is 2.43 bits per heavy atom. The van der Waals surface area contributed by atoms with Gasteiger partial charge in [0.1, 0.15) is 5.69 Å². The molecule has 0 aromatic carbocycles. The van der Waals surface area contributed by atoms with E-state index in [1.54, 1.807) is 0 Å². The maximum atomic E-state index is 4.25. The Morgan fingerprint density at radius 3 is 3.14 bits per heavy atom.